The molecule has 3 aromatic rings. The maximum Gasteiger partial charge on any atom is 0.269 e. The third-order valence-electron chi connectivity index (χ3n) is 3.26. The monoisotopic (exact) mass is 318 g/mol. The summed E-state index contributed by atoms with van der Waals surface area (Å²) in [5, 5.41) is 15.6. The van der Waals surface area contributed by atoms with Crippen molar-refractivity contribution in [1.82, 2.24) is 29.7 Å². The SMILES string of the molecule is CC(C)n1nccc1C(=O)NCc1nnc2c(Cl)cccn12. The summed E-state index contributed by atoms with van der Waals surface area (Å²) in [4.78, 5) is 12.3. The number of halogens is 1. The van der Waals surface area contributed by atoms with Crippen LogP contribution in [0.2, 0.25) is 5.02 Å². The Hall–Kier alpha value is -2.41. The van der Waals surface area contributed by atoms with E-state index in [-0.39, 0.29) is 18.5 Å². The van der Waals surface area contributed by atoms with Crippen LogP contribution in [0.3, 0.4) is 0 Å². The fourth-order valence-corrected chi connectivity index (χ4v) is 2.41. The van der Waals surface area contributed by atoms with Gasteiger partial charge in [0, 0.05) is 18.4 Å². The Kier molecular flexibility index (Phi) is 3.81. The minimum atomic E-state index is -0.204. The van der Waals surface area contributed by atoms with Gasteiger partial charge in [0.1, 0.15) is 5.69 Å². The zero-order valence-corrected chi connectivity index (χ0v) is 12.9. The Morgan fingerprint density at radius 3 is 2.95 bits per heavy atom. The first-order valence-electron chi connectivity index (χ1n) is 6.87. The number of hydrogen-bond acceptors (Lipinski definition) is 4. The Morgan fingerprint density at radius 2 is 2.18 bits per heavy atom. The molecular formula is C14H15ClN6O. The van der Waals surface area contributed by atoms with Crippen molar-refractivity contribution >= 4 is 23.2 Å². The number of pyridine rings is 1. The van der Waals surface area contributed by atoms with Crippen LogP contribution in [-0.2, 0) is 6.54 Å². The van der Waals surface area contributed by atoms with Crippen LogP contribution in [0.15, 0.2) is 30.6 Å². The van der Waals surface area contributed by atoms with Gasteiger partial charge in [0.15, 0.2) is 11.5 Å². The summed E-state index contributed by atoms with van der Waals surface area (Å²) in [6.45, 7) is 4.19. The summed E-state index contributed by atoms with van der Waals surface area (Å²) in [7, 11) is 0. The van der Waals surface area contributed by atoms with Crippen molar-refractivity contribution in [3.05, 3.63) is 47.1 Å². The van der Waals surface area contributed by atoms with Crippen LogP contribution in [-0.4, -0.2) is 30.3 Å². The summed E-state index contributed by atoms with van der Waals surface area (Å²) < 4.78 is 3.43. The number of nitrogens with one attached hydrogen (secondary N) is 1. The highest BCUT2D eigenvalue weighted by atomic mass is 35.5. The molecule has 114 valence electrons. The second kappa shape index (κ2) is 5.76. The molecule has 3 aromatic heterocycles. The first kappa shape index (κ1) is 14.5. The molecule has 0 aliphatic carbocycles. The van der Waals surface area contributed by atoms with E-state index in [0.29, 0.717) is 22.2 Å². The van der Waals surface area contributed by atoms with Crippen LogP contribution >= 0.6 is 11.6 Å². The van der Waals surface area contributed by atoms with Gasteiger partial charge in [0.05, 0.1) is 11.6 Å². The van der Waals surface area contributed by atoms with E-state index in [9.17, 15) is 4.79 Å². The Morgan fingerprint density at radius 1 is 1.36 bits per heavy atom. The van der Waals surface area contributed by atoms with E-state index in [1.54, 1.807) is 39.7 Å². The minimum Gasteiger partial charge on any atom is -0.343 e. The average Bonchev–Trinajstić information content (AvgIpc) is 3.12. The van der Waals surface area contributed by atoms with Gasteiger partial charge in [0.25, 0.3) is 5.91 Å². The van der Waals surface area contributed by atoms with Crippen molar-refractivity contribution in [2.75, 3.05) is 0 Å². The summed E-state index contributed by atoms with van der Waals surface area (Å²) in [5.41, 5.74) is 1.09. The second-order valence-corrected chi connectivity index (χ2v) is 5.51. The lowest BCUT2D eigenvalue weighted by Gasteiger charge is -2.10. The first-order chi connectivity index (χ1) is 10.6. The van der Waals surface area contributed by atoms with E-state index in [0.717, 1.165) is 0 Å². The van der Waals surface area contributed by atoms with Crippen molar-refractivity contribution in [3.8, 4) is 0 Å². The van der Waals surface area contributed by atoms with Crippen LogP contribution in [0, 0.1) is 0 Å². The molecule has 0 saturated heterocycles. The van der Waals surface area contributed by atoms with Crippen LogP contribution in [0.5, 0.6) is 0 Å². The van der Waals surface area contributed by atoms with Crippen molar-refractivity contribution in [3.63, 3.8) is 0 Å². The van der Waals surface area contributed by atoms with Gasteiger partial charge in [-0.1, -0.05) is 11.6 Å². The number of fused-ring (bicyclic) bond motifs is 1. The standard InChI is InChI=1S/C14H15ClN6O/c1-9(2)21-11(5-6-17-21)14(22)16-8-12-18-19-13-10(15)4-3-7-20(12)13/h3-7,9H,8H2,1-2H3,(H,16,22). The zero-order valence-electron chi connectivity index (χ0n) is 12.2. The molecule has 0 atom stereocenters. The quantitative estimate of drug-likeness (QED) is 0.799. The van der Waals surface area contributed by atoms with E-state index in [1.807, 2.05) is 13.8 Å². The molecule has 3 rings (SSSR count). The van der Waals surface area contributed by atoms with Gasteiger partial charge in [-0.2, -0.15) is 5.10 Å². The summed E-state index contributed by atoms with van der Waals surface area (Å²) in [5.74, 6) is 0.409. The molecule has 7 nitrogen and oxygen atoms in total. The van der Waals surface area contributed by atoms with Gasteiger partial charge in [0.2, 0.25) is 0 Å². The molecule has 0 aliphatic rings. The molecule has 1 N–H and O–H groups in total. The molecule has 0 aromatic carbocycles. The van der Waals surface area contributed by atoms with E-state index in [4.69, 9.17) is 11.6 Å². The highest BCUT2D eigenvalue weighted by molar-refractivity contribution is 6.33. The minimum absolute atomic E-state index is 0.114. The number of carbonyl (C=O) groups excluding carboxylic acids is 1. The molecular weight excluding hydrogens is 304 g/mol. The summed E-state index contributed by atoms with van der Waals surface area (Å²) >= 11 is 6.05. The molecule has 0 spiro atoms. The third-order valence-corrected chi connectivity index (χ3v) is 3.55. The van der Waals surface area contributed by atoms with Gasteiger partial charge < -0.3 is 5.32 Å². The maximum atomic E-state index is 12.3. The molecule has 3 heterocycles. The van der Waals surface area contributed by atoms with E-state index >= 15 is 0 Å². The normalized spacial score (nSPS) is 11.3. The summed E-state index contributed by atoms with van der Waals surface area (Å²) in [6.07, 6.45) is 3.42. The molecule has 1 amide bonds. The number of nitrogens with zero attached hydrogens (tertiary/aromatic N) is 5. The Balaban J connectivity index is 1.78. The maximum absolute atomic E-state index is 12.3. The predicted octanol–water partition coefficient (Wildman–Crippen LogP) is 2.09. The van der Waals surface area contributed by atoms with Crippen molar-refractivity contribution in [2.24, 2.45) is 0 Å². The van der Waals surface area contributed by atoms with E-state index in [2.05, 4.69) is 20.6 Å². The molecule has 8 heteroatoms. The summed E-state index contributed by atoms with van der Waals surface area (Å²) in [6, 6.07) is 5.35. The van der Waals surface area contributed by atoms with Gasteiger partial charge in [-0.05, 0) is 32.0 Å². The smallest absolute Gasteiger partial charge is 0.269 e. The van der Waals surface area contributed by atoms with Gasteiger partial charge in [-0.15, -0.1) is 10.2 Å². The number of rotatable bonds is 4. The molecule has 0 saturated carbocycles. The van der Waals surface area contributed by atoms with Gasteiger partial charge in [-0.3, -0.25) is 13.9 Å². The zero-order chi connectivity index (χ0) is 15.7. The third kappa shape index (κ3) is 2.55. The Bertz CT molecular complexity index is 822. The first-order valence-corrected chi connectivity index (χ1v) is 7.25. The van der Waals surface area contributed by atoms with Crippen molar-refractivity contribution in [1.29, 1.82) is 0 Å². The van der Waals surface area contributed by atoms with Crippen LogP contribution in [0.1, 0.15) is 36.2 Å². The average molecular weight is 319 g/mol. The van der Waals surface area contributed by atoms with Crippen molar-refractivity contribution < 1.29 is 4.79 Å². The largest absolute Gasteiger partial charge is 0.343 e. The molecule has 0 aliphatic heterocycles. The second-order valence-electron chi connectivity index (χ2n) is 5.10. The number of carbonyl (C=O) groups is 1. The van der Waals surface area contributed by atoms with Gasteiger partial charge in [-0.25, -0.2) is 0 Å². The van der Waals surface area contributed by atoms with Crippen LogP contribution < -0.4 is 5.32 Å². The number of amides is 1. The topological polar surface area (TPSA) is 77.1 Å². The molecule has 0 radical (unpaired) electrons. The van der Waals surface area contributed by atoms with E-state index < -0.39 is 0 Å². The number of aromatic nitrogens is 5. The lowest BCUT2D eigenvalue weighted by Crippen LogP contribution is -2.27. The molecule has 0 bridgehead atoms. The molecule has 0 fully saturated rings. The molecule has 0 unspecified atom stereocenters. The molecule has 22 heavy (non-hydrogen) atoms. The predicted molar refractivity (Wildman–Crippen MR) is 81.8 cm³/mol. The van der Waals surface area contributed by atoms with Gasteiger partial charge >= 0.3 is 0 Å². The van der Waals surface area contributed by atoms with Crippen molar-refractivity contribution in [2.45, 2.75) is 26.4 Å². The lowest BCUT2D eigenvalue weighted by molar-refractivity contribution is 0.0937. The van der Waals surface area contributed by atoms with E-state index in [1.165, 1.54) is 0 Å². The Labute approximate surface area is 131 Å². The number of hydrogen-bond donors (Lipinski definition) is 1. The highest BCUT2D eigenvalue weighted by Gasteiger charge is 2.15. The fourth-order valence-electron chi connectivity index (χ4n) is 2.21. The fraction of sp³-hybridized carbons (Fsp3) is 0.286. The lowest BCUT2D eigenvalue weighted by atomic mass is 10.3. The van der Waals surface area contributed by atoms with Crippen LogP contribution in [0.25, 0.3) is 5.65 Å². The van der Waals surface area contributed by atoms with Crippen LogP contribution in [0.4, 0.5) is 0 Å². The highest BCUT2D eigenvalue weighted by Crippen LogP contribution is 2.15.